The molecule has 0 aromatic heterocycles. The van der Waals surface area contributed by atoms with Crippen molar-refractivity contribution >= 4 is 12.4 Å². The van der Waals surface area contributed by atoms with Gasteiger partial charge in [0.05, 0.1) is 21.3 Å². The van der Waals surface area contributed by atoms with Crippen molar-refractivity contribution in [1.29, 1.82) is 0 Å². The van der Waals surface area contributed by atoms with Gasteiger partial charge in [0.1, 0.15) is 6.29 Å². The van der Waals surface area contributed by atoms with Gasteiger partial charge in [-0.1, -0.05) is 0 Å². The molecule has 92 valence electrons. The Bertz CT molecular complexity index is 401. The zero-order valence-corrected chi connectivity index (χ0v) is 9.68. The van der Waals surface area contributed by atoms with Gasteiger partial charge in [-0.05, 0) is 12.1 Å². The first-order valence-electron chi connectivity index (χ1n) is 4.63. The molecular weight excluding hydrogens is 228 g/mol. The van der Waals surface area contributed by atoms with Crippen LogP contribution in [0.4, 0.5) is 4.79 Å². The van der Waals surface area contributed by atoms with Crippen LogP contribution in [0.3, 0.4) is 0 Å². The van der Waals surface area contributed by atoms with Crippen LogP contribution in [-0.4, -0.2) is 33.8 Å². The maximum Gasteiger partial charge on any atom is 0.513 e. The lowest BCUT2D eigenvalue weighted by atomic mass is 10.2. The number of ether oxygens (including phenoxy) is 4. The minimum Gasteiger partial charge on any atom is -0.493 e. The Morgan fingerprint density at radius 2 is 1.65 bits per heavy atom. The first-order chi connectivity index (χ1) is 8.15. The Morgan fingerprint density at radius 3 is 2.00 bits per heavy atom. The standard InChI is InChI=1S/C11H12O6/c1-14-8-4-7(6-12)5-9(15-2)10(8)17-11(13)16-3/h4-6H,1-3H3. The molecule has 1 rings (SSSR count). The van der Waals surface area contributed by atoms with Crippen LogP contribution >= 0.6 is 0 Å². The Balaban J connectivity index is 3.24. The van der Waals surface area contributed by atoms with E-state index in [1.165, 1.54) is 33.5 Å². The molecule has 0 aliphatic heterocycles. The average molecular weight is 240 g/mol. The highest BCUT2D eigenvalue weighted by molar-refractivity contribution is 5.79. The quantitative estimate of drug-likeness (QED) is 0.453. The smallest absolute Gasteiger partial charge is 0.493 e. The molecule has 0 atom stereocenters. The Kier molecular flexibility index (Phi) is 4.33. The van der Waals surface area contributed by atoms with Crippen LogP contribution in [-0.2, 0) is 4.74 Å². The third-order valence-electron chi connectivity index (χ3n) is 1.97. The molecular formula is C11H12O6. The first kappa shape index (κ1) is 12.8. The van der Waals surface area contributed by atoms with Crippen LogP contribution in [0, 0.1) is 0 Å². The average Bonchev–Trinajstić information content (AvgIpc) is 2.38. The summed E-state index contributed by atoms with van der Waals surface area (Å²) in [7, 11) is 3.95. The predicted octanol–water partition coefficient (Wildman–Crippen LogP) is 1.66. The van der Waals surface area contributed by atoms with Crippen LogP contribution in [0.15, 0.2) is 12.1 Å². The molecule has 0 aliphatic rings. The van der Waals surface area contributed by atoms with Crippen molar-refractivity contribution in [2.75, 3.05) is 21.3 Å². The van der Waals surface area contributed by atoms with E-state index < -0.39 is 6.16 Å². The highest BCUT2D eigenvalue weighted by atomic mass is 16.7. The maximum absolute atomic E-state index is 11.0. The number of carbonyl (C=O) groups is 2. The van der Waals surface area contributed by atoms with Crippen molar-refractivity contribution in [3.63, 3.8) is 0 Å². The Morgan fingerprint density at radius 1 is 1.12 bits per heavy atom. The number of aldehydes is 1. The van der Waals surface area contributed by atoms with E-state index in [2.05, 4.69) is 4.74 Å². The lowest BCUT2D eigenvalue weighted by molar-refractivity contribution is 0.112. The molecule has 0 N–H and O–H groups in total. The van der Waals surface area contributed by atoms with E-state index in [9.17, 15) is 9.59 Å². The molecule has 0 saturated heterocycles. The first-order valence-corrected chi connectivity index (χ1v) is 4.63. The fourth-order valence-electron chi connectivity index (χ4n) is 1.19. The van der Waals surface area contributed by atoms with E-state index in [0.717, 1.165) is 0 Å². The van der Waals surface area contributed by atoms with Gasteiger partial charge in [0.2, 0.25) is 5.75 Å². The van der Waals surface area contributed by atoms with Gasteiger partial charge >= 0.3 is 6.16 Å². The fraction of sp³-hybridized carbons (Fsp3) is 0.273. The van der Waals surface area contributed by atoms with Crippen molar-refractivity contribution in [3.8, 4) is 17.2 Å². The SMILES string of the molecule is COC(=O)Oc1c(OC)cc(C=O)cc1OC. The summed E-state index contributed by atoms with van der Waals surface area (Å²) >= 11 is 0. The molecule has 0 saturated carbocycles. The van der Waals surface area contributed by atoms with Crippen molar-refractivity contribution in [2.45, 2.75) is 0 Å². The molecule has 17 heavy (non-hydrogen) atoms. The van der Waals surface area contributed by atoms with E-state index in [4.69, 9.17) is 14.2 Å². The van der Waals surface area contributed by atoms with Crippen LogP contribution in [0.25, 0.3) is 0 Å². The van der Waals surface area contributed by atoms with Crippen molar-refractivity contribution < 1.29 is 28.5 Å². The minimum atomic E-state index is -0.902. The molecule has 0 spiro atoms. The van der Waals surface area contributed by atoms with E-state index >= 15 is 0 Å². The molecule has 6 heteroatoms. The third-order valence-corrected chi connectivity index (χ3v) is 1.97. The van der Waals surface area contributed by atoms with Gasteiger partial charge in [0, 0.05) is 5.56 Å². The normalized spacial score (nSPS) is 9.35. The number of carbonyl (C=O) groups excluding carboxylic acids is 2. The lowest BCUT2D eigenvalue weighted by Crippen LogP contribution is -2.09. The Labute approximate surface area is 98.0 Å². The second kappa shape index (κ2) is 5.74. The molecule has 0 unspecified atom stereocenters. The van der Waals surface area contributed by atoms with Gasteiger partial charge in [0.15, 0.2) is 11.5 Å². The number of benzene rings is 1. The van der Waals surface area contributed by atoms with Gasteiger partial charge in [-0.3, -0.25) is 4.79 Å². The van der Waals surface area contributed by atoms with E-state index in [-0.39, 0.29) is 17.2 Å². The molecule has 0 amide bonds. The lowest BCUT2D eigenvalue weighted by Gasteiger charge is -2.12. The van der Waals surface area contributed by atoms with E-state index in [0.29, 0.717) is 11.8 Å². The molecule has 0 radical (unpaired) electrons. The summed E-state index contributed by atoms with van der Waals surface area (Å²) in [6.45, 7) is 0. The summed E-state index contributed by atoms with van der Waals surface area (Å²) in [4.78, 5) is 21.7. The number of hydrogen-bond acceptors (Lipinski definition) is 6. The molecule has 1 aromatic carbocycles. The summed E-state index contributed by atoms with van der Waals surface area (Å²) in [6, 6.07) is 2.85. The van der Waals surface area contributed by atoms with E-state index in [1.807, 2.05) is 0 Å². The monoisotopic (exact) mass is 240 g/mol. The zero-order valence-electron chi connectivity index (χ0n) is 9.68. The third kappa shape index (κ3) is 2.87. The van der Waals surface area contributed by atoms with Crippen molar-refractivity contribution in [2.24, 2.45) is 0 Å². The van der Waals surface area contributed by atoms with Gasteiger partial charge in [-0.15, -0.1) is 0 Å². The maximum atomic E-state index is 11.0. The summed E-state index contributed by atoms with van der Waals surface area (Å²) < 4.78 is 19.3. The minimum absolute atomic E-state index is 0.0625. The Hall–Kier alpha value is -2.24. The second-order valence-corrected chi connectivity index (χ2v) is 2.93. The molecule has 0 heterocycles. The van der Waals surface area contributed by atoms with Crippen molar-refractivity contribution in [3.05, 3.63) is 17.7 Å². The highest BCUT2D eigenvalue weighted by Gasteiger charge is 2.17. The van der Waals surface area contributed by atoms with Gasteiger partial charge in [-0.25, -0.2) is 4.79 Å². The molecule has 0 bridgehead atoms. The summed E-state index contributed by atoms with van der Waals surface area (Å²) in [5.41, 5.74) is 0.343. The highest BCUT2D eigenvalue weighted by Crippen LogP contribution is 2.38. The summed E-state index contributed by atoms with van der Waals surface area (Å²) in [6.07, 6.45) is -0.270. The van der Waals surface area contributed by atoms with Crippen LogP contribution in [0.1, 0.15) is 10.4 Å². The molecule has 0 aliphatic carbocycles. The van der Waals surface area contributed by atoms with Crippen LogP contribution in [0.5, 0.6) is 17.2 Å². The summed E-state index contributed by atoms with van der Waals surface area (Å²) in [5.74, 6) is 0.473. The van der Waals surface area contributed by atoms with Crippen molar-refractivity contribution in [1.82, 2.24) is 0 Å². The zero-order chi connectivity index (χ0) is 12.8. The summed E-state index contributed by atoms with van der Waals surface area (Å²) in [5, 5.41) is 0. The predicted molar refractivity (Wildman–Crippen MR) is 58.0 cm³/mol. The van der Waals surface area contributed by atoms with E-state index in [1.54, 1.807) is 0 Å². The number of hydrogen-bond donors (Lipinski definition) is 0. The van der Waals surface area contributed by atoms with Crippen LogP contribution < -0.4 is 14.2 Å². The number of rotatable bonds is 4. The largest absolute Gasteiger partial charge is 0.513 e. The van der Waals surface area contributed by atoms with Gasteiger partial charge < -0.3 is 18.9 Å². The molecule has 0 fully saturated rings. The second-order valence-electron chi connectivity index (χ2n) is 2.93. The van der Waals surface area contributed by atoms with Crippen LogP contribution in [0.2, 0.25) is 0 Å². The topological polar surface area (TPSA) is 71.1 Å². The van der Waals surface area contributed by atoms with Gasteiger partial charge in [0.25, 0.3) is 0 Å². The number of methoxy groups -OCH3 is 3. The molecule has 1 aromatic rings. The fourth-order valence-corrected chi connectivity index (χ4v) is 1.19. The van der Waals surface area contributed by atoms with Gasteiger partial charge in [-0.2, -0.15) is 0 Å². The molecule has 6 nitrogen and oxygen atoms in total.